The van der Waals surface area contributed by atoms with Crippen molar-refractivity contribution in [2.45, 2.75) is 32.5 Å². The van der Waals surface area contributed by atoms with Gasteiger partial charge in [0, 0.05) is 6.07 Å². The molecule has 0 N–H and O–H groups in total. The second-order valence-electron chi connectivity index (χ2n) is 7.78. The third-order valence-corrected chi connectivity index (χ3v) is 5.11. The molecule has 0 saturated carbocycles. The molecular weight excluding hydrogens is 465 g/mol. The Morgan fingerprint density at radius 2 is 1.71 bits per heavy atom. The minimum absolute atomic E-state index is 0.0397. The van der Waals surface area contributed by atoms with Crippen molar-refractivity contribution in [3.63, 3.8) is 0 Å². The first kappa shape index (κ1) is 24.1. The van der Waals surface area contributed by atoms with Crippen LogP contribution in [0, 0.1) is 0 Å². The summed E-state index contributed by atoms with van der Waals surface area (Å²) in [5, 5.41) is 1.46. The number of benzene rings is 3. The summed E-state index contributed by atoms with van der Waals surface area (Å²) in [4.78, 5) is 24.9. The van der Waals surface area contributed by atoms with Gasteiger partial charge in [-0.1, -0.05) is 37.3 Å². The molecule has 0 saturated heterocycles. The number of alkyl halides is 3. The molecule has 0 radical (unpaired) electrons. The second kappa shape index (κ2) is 9.69. The Labute approximate surface area is 197 Å². The Morgan fingerprint density at radius 3 is 2.43 bits per heavy atom. The van der Waals surface area contributed by atoms with E-state index in [1.165, 1.54) is 31.2 Å². The lowest BCUT2D eigenvalue weighted by molar-refractivity contribution is -0.154. The van der Waals surface area contributed by atoms with Crippen LogP contribution in [0.4, 0.5) is 13.2 Å². The molecule has 182 valence electrons. The summed E-state index contributed by atoms with van der Waals surface area (Å²) in [7, 11) is 0. The maximum Gasteiger partial charge on any atom is 0.453 e. The van der Waals surface area contributed by atoms with Crippen LogP contribution in [-0.2, 0) is 15.7 Å². The Bertz CT molecular complexity index is 1440. The number of hydrogen-bond donors (Lipinski definition) is 0. The SMILES string of the molecule is CCCOC(=O)[C@H](C)Oc1ccc2c(=O)c(Oc3ccc4ccccc4c3)c(C(F)(F)F)oc2c1. The van der Waals surface area contributed by atoms with Crippen molar-refractivity contribution in [3.8, 4) is 17.2 Å². The lowest BCUT2D eigenvalue weighted by Gasteiger charge is -2.15. The van der Waals surface area contributed by atoms with Gasteiger partial charge in [0.25, 0.3) is 5.76 Å². The van der Waals surface area contributed by atoms with Gasteiger partial charge in [0.05, 0.1) is 12.0 Å². The topological polar surface area (TPSA) is 75.0 Å². The Kier molecular flexibility index (Phi) is 6.68. The molecule has 1 aromatic heterocycles. The number of fused-ring (bicyclic) bond motifs is 2. The molecule has 0 aliphatic rings. The van der Waals surface area contributed by atoms with Crippen molar-refractivity contribution in [1.82, 2.24) is 0 Å². The summed E-state index contributed by atoms with van der Waals surface area (Å²) in [5.41, 5.74) is -1.35. The molecule has 4 rings (SSSR count). The molecule has 3 aromatic carbocycles. The molecule has 0 unspecified atom stereocenters. The zero-order chi connectivity index (χ0) is 25.2. The second-order valence-corrected chi connectivity index (χ2v) is 7.78. The predicted octanol–water partition coefficient (Wildman–Crippen LogP) is 6.48. The van der Waals surface area contributed by atoms with Crippen LogP contribution in [0.15, 0.2) is 69.9 Å². The van der Waals surface area contributed by atoms with Crippen molar-refractivity contribution in [2.75, 3.05) is 6.61 Å². The number of hydrogen-bond acceptors (Lipinski definition) is 6. The normalized spacial score (nSPS) is 12.5. The van der Waals surface area contributed by atoms with Crippen molar-refractivity contribution < 1.29 is 36.6 Å². The molecule has 35 heavy (non-hydrogen) atoms. The zero-order valence-corrected chi connectivity index (χ0v) is 18.8. The smallest absolute Gasteiger partial charge is 0.453 e. The molecule has 0 spiro atoms. The fourth-order valence-corrected chi connectivity index (χ4v) is 3.43. The van der Waals surface area contributed by atoms with Crippen molar-refractivity contribution in [3.05, 3.63) is 76.6 Å². The summed E-state index contributed by atoms with van der Waals surface area (Å²) in [6.07, 6.45) is -5.39. The molecule has 1 heterocycles. The first-order valence-electron chi connectivity index (χ1n) is 10.9. The van der Waals surface area contributed by atoms with Gasteiger partial charge in [0.2, 0.25) is 11.2 Å². The number of carbonyl (C=O) groups excluding carboxylic acids is 1. The average molecular weight is 486 g/mol. The molecule has 0 fully saturated rings. The van der Waals surface area contributed by atoms with Crippen LogP contribution in [0.1, 0.15) is 26.0 Å². The molecule has 1 atom stereocenters. The van der Waals surface area contributed by atoms with Gasteiger partial charge in [0.1, 0.15) is 17.1 Å². The van der Waals surface area contributed by atoms with Gasteiger partial charge in [-0.25, -0.2) is 4.79 Å². The maximum absolute atomic E-state index is 13.8. The van der Waals surface area contributed by atoms with Crippen LogP contribution in [0.3, 0.4) is 0 Å². The maximum atomic E-state index is 13.8. The Morgan fingerprint density at radius 1 is 1.00 bits per heavy atom. The highest BCUT2D eigenvalue weighted by Gasteiger charge is 2.40. The number of esters is 1. The van der Waals surface area contributed by atoms with Gasteiger partial charge in [-0.05, 0) is 48.4 Å². The van der Waals surface area contributed by atoms with E-state index in [1.807, 2.05) is 19.1 Å². The first-order valence-corrected chi connectivity index (χ1v) is 10.9. The van der Waals surface area contributed by atoms with E-state index in [4.69, 9.17) is 18.6 Å². The molecule has 6 nitrogen and oxygen atoms in total. The zero-order valence-electron chi connectivity index (χ0n) is 18.8. The quantitative estimate of drug-likeness (QED) is 0.279. The van der Waals surface area contributed by atoms with E-state index in [0.717, 1.165) is 16.8 Å². The van der Waals surface area contributed by atoms with Gasteiger partial charge in [0.15, 0.2) is 6.10 Å². The van der Waals surface area contributed by atoms with E-state index < -0.39 is 35.2 Å². The van der Waals surface area contributed by atoms with E-state index in [2.05, 4.69) is 0 Å². The number of carbonyl (C=O) groups is 1. The van der Waals surface area contributed by atoms with E-state index in [-0.39, 0.29) is 29.1 Å². The lowest BCUT2D eigenvalue weighted by atomic mass is 10.1. The number of ether oxygens (including phenoxy) is 3. The van der Waals surface area contributed by atoms with E-state index in [1.54, 1.807) is 18.2 Å². The van der Waals surface area contributed by atoms with E-state index >= 15 is 0 Å². The first-order chi connectivity index (χ1) is 16.7. The van der Waals surface area contributed by atoms with Gasteiger partial charge in [-0.15, -0.1) is 0 Å². The third kappa shape index (κ3) is 5.24. The summed E-state index contributed by atoms with van der Waals surface area (Å²) >= 11 is 0. The van der Waals surface area contributed by atoms with Gasteiger partial charge in [-0.2, -0.15) is 13.2 Å². The molecule has 9 heteroatoms. The van der Waals surface area contributed by atoms with Crippen LogP contribution in [-0.4, -0.2) is 18.7 Å². The third-order valence-electron chi connectivity index (χ3n) is 5.11. The van der Waals surface area contributed by atoms with E-state index in [0.29, 0.717) is 6.42 Å². The molecule has 0 amide bonds. The molecule has 0 aliphatic carbocycles. The molecule has 0 aliphatic heterocycles. The summed E-state index contributed by atoms with van der Waals surface area (Å²) in [6.45, 7) is 3.49. The molecule has 0 bridgehead atoms. The van der Waals surface area contributed by atoms with Crippen molar-refractivity contribution in [2.24, 2.45) is 0 Å². The van der Waals surface area contributed by atoms with E-state index in [9.17, 15) is 22.8 Å². The predicted molar refractivity (Wildman–Crippen MR) is 123 cm³/mol. The summed E-state index contributed by atoms with van der Waals surface area (Å²) < 4.78 is 62.5. The van der Waals surface area contributed by atoms with Crippen LogP contribution < -0.4 is 14.9 Å². The van der Waals surface area contributed by atoms with Gasteiger partial charge in [-0.3, -0.25) is 4.79 Å². The molecular formula is C26H21F3O6. The fourth-order valence-electron chi connectivity index (χ4n) is 3.43. The minimum Gasteiger partial charge on any atom is -0.479 e. The highest BCUT2D eigenvalue weighted by atomic mass is 19.4. The lowest BCUT2D eigenvalue weighted by Crippen LogP contribution is -2.26. The number of rotatable bonds is 7. The Hall–Kier alpha value is -4.01. The average Bonchev–Trinajstić information content (AvgIpc) is 2.83. The van der Waals surface area contributed by atoms with Gasteiger partial charge < -0.3 is 18.6 Å². The minimum atomic E-state index is -5.01. The highest BCUT2D eigenvalue weighted by Crippen LogP contribution is 2.39. The molecule has 4 aromatic rings. The standard InChI is InChI=1S/C26H21F3O6/c1-3-12-32-25(31)15(2)33-19-10-11-20-21(14-19)35-24(26(27,28)29)23(22(20)30)34-18-9-8-16-6-4-5-7-17(16)13-18/h4-11,13-15H,3,12H2,1-2H3/t15-/m0/s1. The fraction of sp³-hybridized carbons (Fsp3) is 0.231. The largest absolute Gasteiger partial charge is 0.479 e. The monoisotopic (exact) mass is 486 g/mol. The highest BCUT2D eigenvalue weighted by molar-refractivity contribution is 5.84. The van der Waals surface area contributed by atoms with Crippen LogP contribution in [0.25, 0.3) is 21.7 Å². The van der Waals surface area contributed by atoms with Crippen molar-refractivity contribution >= 4 is 27.7 Å². The van der Waals surface area contributed by atoms with Crippen LogP contribution in [0.2, 0.25) is 0 Å². The number of halogens is 3. The van der Waals surface area contributed by atoms with Gasteiger partial charge >= 0.3 is 12.1 Å². The van der Waals surface area contributed by atoms with Crippen LogP contribution in [0.5, 0.6) is 17.2 Å². The van der Waals surface area contributed by atoms with Crippen LogP contribution >= 0.6 is 0 Å². The summed E-state index contributed by atoms with van der Waals surface area (Å²) in [6, 6.07) is 15.6. The van der Waals surface area contributed by atoms with Crippen molar-refractivity contribution in [1.29, 1.82) is 0 Å². The Balaban J connectivity index is 1.72. The summed E-state index contributed by atoms with van der Waals surface area (Å²) in [5.74, 6) is -3.07.